The Morgan fingerprint density at radius 3 is 2.62 bits per heavy atom. The lowest BCUT2D eigenvalue weighted by atomic mass is 10.1. The molecule has 0 atom stereocenters. The molecule has 0 aromatic heterocycles. The maximum Gasteiger partial charge on any atom is 0.128 e. The number of benzene rings is 1. The highest BCUT2D eigenvalue weighted by Crippen LogP contribution is 2.10. The average molecular weight is 180 g/mol. The first-order valence-corrected chi connectivity index (χ1v) is 4.13. The molecular weight excluding hydrogens is 167 g/mol. The highest BCUT2D eigenvalue weighted by molar-refractivity contribution is 5.50. The molecular formula is C10H13FN2. The number of halogens is 1. The summed E-state index contributed by atoms with van der Waals surface area (Å²) < 4.78 is 13.1. The van der Waals surface area contributed by atoms with E-state index in [1.165, 1.54) is 6.07 Å². The summed E-state index contributed by atoms with van der Waals surface area (Å²) in [6, 6.07) is 4.96. The first-order chi connectivity index (χ1) is 6.27. The number of nitrogens with two attached hydrogens (primary N) is 2. The van der Waals surface area contributed by atoms with Crippen molar-refractivity contribution in [3.8, 4) is 0 Å². The normalized spacial score (nSPS) is 11.0. The van der Waals surface area contributed by atoms with Gasteiger partial charge in [0.15, 0.2) is 0 Å². The molecule has 0 amide bonds. The zero-order valence-corrected chi connectivity index (χ0v) is 7.33. The smallest absolute Gasteiger partial charge is 0.128 e. The van der Waals surface area contributed by atoms with Gasteiger partial charge in [0.05, 0.1) is 0 Å². The summed E-state index contributed by atoms with van der Waals surface area (Å²) in [6.45, 7) is 0.687. The van der Waals surface area contributed by atoms with Gasteiger partial charge in [0.25, 0.3) is 0 Å². The van der Waals surface area contributed by atoms with Crippen molar-refractivity contribution >= 4 is 6.08 Å². The van der Waals surface area contributed by atoms with Crippen LogP contribution in [0.1, 0.15) is 11.1 Å². The largest absolute Gasteiger partial charge is 0.327 e. The maximum atomic E-state index is 13.1. The van der Waals surface area contributed by atoms with Crippen molar-refractivity contribution in [3.05, 3.63) is 41.2 Å². The molecule has 0 saturated carbocycles. The Bertz CT molecular complexity index is 308. The van der Waals surface area contributed by atoms with E-state index in [1.54, 1.807) is 18.2 Å². The van der Waals surface area contributed by atoms with Crippen LogP contribution in [0.15, 0.2) is 24.3 Å². The van der Waals surface area contributed by atoms with Gasteiger partial charge >= 0.3 is 0 Å². The van der Waals surface area contributed by atoms with Crippen LogP contribution in [0.3, 0.4) is 0 Å². The molecule has 0 unspecified atom stereocenters. The van der Waals surface area contributed by atoms with Crippen molar-refractivity contribution in [2.24, 2.45) is 11.5 Å². The van der Waals surface area contributed by atoms with E-state index in [9.17, 15) is 4.39 Å². The van der Waals surface area contributed by atoms with E-state index in [0.29, 0.717) is 12.1 Å². The van der Waals surface area contributed by atoms with E-state index in [0.717, 1.165) is 5.56 Å². The standard InChI is InChI=1S/C10H13FN2/c11-10-6-8(2-1-5-12)3-4-9(10)7-13/h1-4,6H,5,7,12-13H2. The third-order valence-electron chi connectivity index (χ3n) is 1.74. The minimum absolute atomic E-state index is 0.229. The van der Waals surface area contributed by atoms with Crippen LogP contribution in [0, 0.1) is 5.82 Å². The number of hydrogen-bond donors (Lipinski definition) is 2. The van der Waals surface area contributed by atoms with Crippen LogP contribution in [0.25, 0.3) is 6.08 Å². The predicted molar refractivity (Wildman–Crippen MR) is 52.4 cm³/mol. The Labute approximate surface area is 77.0 Å². The van der Waals surface area contributed by atoms with Crippen LogP contribution >= 0.6 is 0 Å². The van der Waals surface area contributed by atoms with Gasteiger partial charge in [0, 0.05) is 18.7 Å². The van der Waals surface area contributed by atoms with Crippen LogP contribution in [0.4, 0.5) is 4.39 Å². The summed E-state index contributed by atoms with van der Waals surface area (Å²) in [5, 5.41) is 0. The first-order valence-electron chi connectivity index (χ1n) is 4.13. The fourth-order valence-corrected chi connectivity index (χ4v) is 1.04. The van der Waals surface area contributed by atoms with Crippen LogP contribution < -0.4 is 11.5 Å². The van der Waals surface area contributed by atoms with Gasteiger partial charge in [0.1, 0.15) is 5.82 Å². The van der Waals surface area contributed by atoms with E-state index in [2.05, 4.69) is 0 Å². The Morgan fingerprint density at radius 1 is 1.31 bits per heavy atom. The predicted octanol–water partition coefficient (Wildman–Crippen LogP) is 1.26. The van der Waals surface area contributed by atoms with Crippen molar-refractivity contribution in [2.75, 3.05) is 6.54 Å². The summed E-state index contributed by atoms with van der Waals surface area (Å²) in [7, 11) is 0. The molecule has 0 aliphatic rings. The zero-order chi connectivity index (χ0) is 9.68. The monoisotopic (exact) mass is 180 g/mol. The third-order valence-corrected chi connectivity index (χ3v) is 1.74. The molecule has 4 N–H and O–H groups in total. The SMILES string of the molecule is NCC=Cc1ccc(CN)c(F)c1. The van der Waals surface area contributed by atoms with Gasteiger partial charge in [-0.1, -0.05) is 24.3 Å². The second-order valence-electron chi connectivity index (χ2n) is 2.69. The van der Waals surface area contributed by atoms with Gasteiger partial charge < -0.3 is 11.5 Å². The summed E-state index contributed by atoms with van der Waals surface area (Å²) >= 11 is 0. The van der Waals surface area contributed by atoms with E-state index >= 15 is 0 Å². The van der Waals surface area contributed by atoms with Crippen molar-refractivity contribution < 1.29 is 4.39 Å². The van der Waals surface area contributed by atoms with Crippen molar-refractivity contribution in [1.82, 2.24) is 0 Å². The van der Waals surface area contributed by atoms with Crippen molar-refractivity contribution in [3.63, 3.8) is 0 Å². The van der Waals surface area contributed by atoms with Gasteiger partial charge in [0.2, 0.25) is 0 Å². The lowest BCUT2D eigenvalue weighted by Crippen LogP contribution is -1.99. The molecule has 1 rings (SSSR count). The highest BCUT2D eigenvalue weighted by atomic mass is 19.1. The minimum Gasteiger partial charge on any atom is -0.327 e. The van der Waals surface area contributed by atoms with Crippen molar-refractivity contribution in [1.29, 1.82) is 0 Å². The van der Waals surface area contributed by atoms with Gasteiger partial charge in [-0.15, -0.1) is 0 Å². The van der Waals surface area contributed by atoms with Crippen LogP contribution in [-0.2, 0) is 6.54 Å². The zero-order valence-electron chi connectivity index (χ0n) is 7.33. The highest BCUT2D eigenvalue weighted by Gasteiger charge is 1.98. The molecule has 1 aromatic carbocycles. The number of hydrogen-bond acceptors (Lipinski definition) is 2. The molecule has 70 valence electrons. The maximum absolute atomic E-state index is 13.1. The fourth-order valence-electron chi connectivity index (χ4n) is 1.04. The molecule has 0 saturated heterocycles. The summed E-state index contributed by atoms with van der Waals surface area (Å²) in [5.41, 5.74) is 11.9. The second-order valence-corrected chi connectivity index (χ2v) is 2.69. The molecule has 0 aliphatic heterocycles. The molecule has 0 aliphatic carbocycles. The average Bonchev–Trinajstić information content (AvgIpc) is 2.15. The fraction of sp³-hybridized carbons (Fsp3) is 0.200. The summed E-state index contributed by atoms with van der Waals surface area (Å²) in [5.74, 6) is -0.262. The topological polar surface area (TPSA) is 52.0 Å². The van der Waals surface area contributed by atoms with E-state index in [-0.39, 0.29) is 12.4 Å². The van der Waals surface area contributed by atoms with Crippen LogP contribution in [0.5, 0.6) is 0 Å². The van der Waals surface area contributed by atoms with Crippen molar-refractivity contribution in [2.45, 2.75) is 6.54 Å². The lowest BCUT2D eigenvalue weighted by molar-refractivity contribution is 0.610. The Morgan fingerprint density at radius 2 is 2.08 bits per heavy atom. The number of rotatable bonds is 3. The first kappa shape index (κ1) is 9.89. The molecule has 0 bridgehead atoms. The Balaban J connectivity index is 2.89. The Hall–Kier alpha value is -1.19. The molecule has 0 heterocycles. The molecule has 0 fully saturated rings. The summed E-state index contributed by atoms with van der Waals surface area (Å²) in [6.07, 6.45) is 3.56. The minimum atomic E-state index is -0.262. The van der Waals surface area contributed by atoms with Gasteiger partial charge in [-0.25, -0.2) is 4.39 Å². The molecule has 2 nitrogen and oxygen atoms in total. The van der Waals surface area contributed by atoms with Crippen LogP contribution in [-0.4, -0.2) is 6.54 Å². The van der Waals surface area contributed by atoms with Gasteiger partial charge in [-0.3, -0.25) is 0 Å². The molecule has 0 radical (unpaired) electrons. The second kappa shape index (κ2) is 4.74. The van der Waals surface area contributed by atoms with E-state index < -0.39 is 0 Å². The Kier molecular flexibility index (Phi) is 3.61. The molecule has 1 aromatic rings. The lowest BCUT2D eigenvalue weighted by Gasteiger charge is -2.00. The van der Waals surface area contributed by atoms with E-state index in [4.69, 9.17) is 11.5 Å². The molecule has 3 heteroatoms. The van der Waals surface area contributed by atoms with Gasteiger partial charge in [-0.05, 0) is 11.6 Å². The molecule has 0 spiro atoms. The summed E-state index contributed by atoms with van der Waals surface area (Å²) in [4.78, 5) is 0. The van der Waals surface area contributed by atoms with E-state index in [1.807, 2.05) is 6.07 Å². The quantitative estimate of drug-likeness (QED) is 0.735. The van der Waals surface area contributed by atoms with Crippen LogP contribution in [0.2, 0.25) is 0 Å². The molecule has 13 heavy (non-hydrogen) atoms. The third kappa shape index (κ3) is 2.65. The van der Waals surface area contributed by atoms with Gasteiger partial charge in [-0.2, -0.15) is 0 Å².